The van der Waals surface area contributed by atoms with Gasteiger partial charge in [-0.1, -0.05) is 19.4 Å². The van der Waals surface area contributed by atoms with E-state index in [0.717, 1.165) is 17.9 Å². The number of benzene rings is 1. The minimum absolute atomic E-state index is 0.380. The maximum atomic E-state index is 6.17. The lowest BCUT2D eigenvalue weighted by Gasteiger charge is -2.23. The third kappa shape index (κ3) is 1.62. The zero-order valence-corrected chi connectivity index (χ0v) is 10.7. The number of methoxy groups -OCH3 is 1. The van der Waals surface area contributed by atoms with E-state index in [-0.39, 0.29) is 0 Å². The molecule has 1 aromatic rings. The van der Waals surface area contributed by atoms with E-state index in [9.17, 15) is 0 Å². The molecule has 92 valence electrons. The number of aryl methyl sites for hydroxylation is 1. The average Bonchev–Trinajstić information content (AvgIpc) is 2.72. The maximum absolute atomic E-state index is 6.17. The van der Waals surface area contributed by atoms with Crippen LogP contribution >= 0.6 is 0 Å². The van der Waals surface area contributed by atoms with Crippen LogP contribution in [0.15, 0.2) is 12.1 Å². The summed E-state index contributed by atoms with van der Waals surface area (Å²) in [5.74, 6) is 2.56. The van der Waals surface area contributed by atoms with Gasteiger partial charge < -0.3 is 9.47 Å². The molecule has 0 amide bonds. The lowest BCUT2D eigenvalue weighted by atomic mass is 9.80. The van der Waals surface area contributed by atoms with Gasteiger partial charge in [0.1, 0.15) is 6.10 Å². The van der Waals surface area contributed by atoms with Crippen LogP contribution in [0, 0.1) is 0 Å². The molecular formula is C15H20O2. The van der Waals surface area contributed by atoms with Crippen LogP contribution in [0.25, 0.3) is 0 Å². The fraction of sp³-hybridized carbons (Fsp3) is 0.600. The summed E-state index contributed by atoms with van der Waals surface area (Å²) in [6.07, 6.45) is 6.50. The van der Waals surface area contributed by atoms with Crippen LogP contribution in [0.2, 0.25) is 0 Å². The van der Waals surface area contributed by atoms with E-state index >= 15 is 0 Å². The third-order valence-electron chi connectivity index (χ3n) is 4.09. The second-order valence-corrected chi connectivity index (χ2v) is 5.11. The minimum atomic E-state index is 0.380. The van der Waals surface area contributed by atoms with Gasteiger partial charge in [-0.2, -0.15) is 0 Å². The molecule has 0 N–H and O–H groups in total. The van der Waals surface area contributed by atoms with Crippen LogP contribution in [0.5, 0.6) is 11.5 Å². The number of ether oxygens (including phenoxy) is 2. The van der Waals surface area contributed by atoms with Gasteiger partial charge in [0.2, 0.25) is 0 Å². The minimum Gasteiger partial charge on any atom is -0.493 e. The molecule has 2 aliphatic rings. The zero-order chi connectivity index (χ0) is 11.8. The molecule has 2 unspecified atom stereocenters. The summed E-state index contributed by atoms with van der Waals surface area (Å²) in [6.45, 7) is 2.23. The first-order valence-corrected chi connectivity index (χ1v) is 6.71. The van der Waals surface area contributed by atoms with E-state index in [2.05, 4.69) is 19.1 Å². The van der Waals surface area contributed by atoms with Crippen molar-refractivity contribution < 1.29 is 9.47 Å². The molecule has 2 heteroatoms. The molecule has 0 bridgehead atoms. The second kappa shape index (κ2) is 4.25. The normalized spacial score (nSPS) is 25.3. The van der Waals surface area contributed by atoms with Crippen molar-refractivity contribution >= 4 is 0 Å². The van der Waals surface area contributed by atoms with E-state index in [1.807, 2.05) is 0 Å². The Balaban J connectivity index is 2.05. The fourth-order valence-corrected chi connectivity index (χ4v) is 3.33. The second-order valence-electron chi connectivity index (χ2n) is 5.11. The lowest BCUT2D eigenvalue weighted by Crippen LogP contribution is -2.20. The van der Waals surface area contributed by atoms with Crippen molar-refractivity contribution in [2.45, 2.75) is 51.0 Å². The first kappa shape index (κ1) is 10.9. The summed E-state index contributed by atoms with van der Waals surface area (Å²) in [6, 6.07) is 4.28. The number of hydrogen-bond donors (Lipinski definition) is 0. The largest absolute Gasteiger partial charge is 0.493 e. The van der Waals surface area contributed by atoms with Gasteiger partial charge in [-0.25, -0.2) is 0 Å². The quantitative estimate of drug-likeness (QED) is 0.791. The van der Waals surface area contributed by atoms with Crippen LogP contribution in [0.1, 0.15) is 49.7 Å². The first-order valence-electron chi connectivity index (χ1n) is 6.71. The van der Waals surface area contributed by atoms with Gasteiger partial charge >= 0.3 is 0 Å². The smallest absolute Gasteiger partial charge is 0.165 e. The topological polar surface area (TPSA) is 18.5 Å². The monoisotopic (exact) mass is 232 g/mol. The maximum Gasteiger partial charge on any atom is 0.165 e. The van der Waals surface area contributed by atoms with Gasteiger partial charge in [0, 0.05) is 11.5 Å². The van der Waals surface area contributed by atoms with Crippen LogP contribution in [0.4, 0.5) is 0 Å². The van der Waals surface area contributed by atoms with Gasteiger partial charge in [-0.15, -0.1) is 0 Å². The predicted molar refractivity (Wildman–Crippen MR) is 68.0 cm³/mol. The number of hydrogen-bond acceptors (Lipinski definition) is 2. The highest BCUT2D eigenvalue weighted by atomic mass is 16.5. The Bertz CT molecular complexity index is 425. The highest BCUT2D eigenvalue weighted by Crippen LogP contribution is 2.51. The van der Waals surface area contributed by atoms with Crippen molar-refractivity contribution in [3.8, 4) is 11.5 Å². The molecule has 0 spiro atoms. The molecule has 1 heterocycles. The molecule has 2 nitrogen and oxygen atoms in total. The van der Waals surface area contributed by atoms with Crippen LogP contribution in [0.3, 0.4) is 0 Å². The molecule has 1 aromatic carbocycles. The van der Waals surface area contributed by atoms with Gasteiger partial charge in [0.05, 0.1) is 7.11 Å². The average molecular weight is 232 g/mol. The molecule has 0 saturated carbocycles. The highest BCUT2D eigenvalue weighted by molar-refractivity contribution is 5.56. The summed E-state index contributed by atoms with van der Waals surface area (Å²) in [4.78, 5) is 0. The molecular weight excluding hydrogens is 212 g/mol. The Morgan fingerprint density at radius 1 is 1.41 bits per heavy atom. The summed E-state index contributed by atoms with van der Waals surface area (Å²) in [5.41, 5.74) is 2.93. The number of rotatable bonds is 3. The Hall–Kier alpha value is -1.18. The molecule has 0 fully saturated rings. The zero-order valence-electron chi connectivity index (χ0n) is 10.7. The summed E-state index contributed by atoms with van der Waals surface area (Å²) < 4.78 is 11.6. The van der Waals surface area contributed by atoms with Crippen molar-refractivity contribution in [3.05, 3.63) is 23.3 Å². The SMILES string of the molecule is CCCC1Oc2c(OC)ccc3c2C1CCC3. The Morgan fingerprint density at radius 2 is 2.29 bits per heavy atom. The highest BCUT2D eigenvalue weighted by Gasteiger charge is 2.39. The summed E-state index contributed by atoms with van der Waals surface area (Å²) in [7, 11) is 1.73. The van der Waals surface area contributed by atoms with Crippen LogP contribution in [-0.2, 0) is 6.42 Å². The molecule has 1 aliphatic carbocycles. The van der Waals surface area contributed by atoms with Gasteiger partial charge in [0.25, 0.3) is 0 Å². The van der Waals surface area contributed by atoms with Crippen LogP contribution in [-0.4, -0.2) is 13.2 Å². The molecule has 17 heavy (non-hydrogen) atoms. The Morgan fingerprint density at radius 3 is 3.06 bits per heavy atom. The van der Waals surface area contributed by atoms with E-state index in [1.54, 1.807) is 7.11 Å². The van der Waals surface area contributed by atoms with E-state index in [4.69, 9.17) is 9.47 Å². The Labute approximate surface area is 103 Å². The molecule has 1 aliphatic heterocycles. The van der Waals surface area contributed by atoms with Crippen molar-refractivity contribution in [2.75, 3.05) is 7.11 Å². The third-order valence-corrected chi connectivity index (χ3v) is 4.09. The van der Waals surface area contributed by atoms with Gasteiger partial charge in [0.15, 0.2) is 11.5 Å². The van der Waals surface area contributed by atoms with E-state index < -0.39 is 0 Å². The molecule has 3 rings (SSSR count). The molecule has 0 aromatic heterocycles. The first-order chi connectivity index (χ1) is 8.35. The van der Waals surface area contributed by atoms with Crippen molar-refractivity contribution in [3.63, 3.8) is 0 Å². The van der Waals surface area contributed by atoms with Gasteiger partial charge in [-0.05, 0) is 37.3 Å². The molecule has 0 saturated heterocycles. The molecule has 0 radical (unpaired) electrons. The van der Waals surface area contributed by atoms with Crippen LogP contribution < -0.4 is 9.47 Å². The predicted octanol–water partition coefficient (Wildman–Crippen LogP) is 3.68. The van der Waals surface area contributed by atoms with Crippen molar-refractivity contribution in [2.24, 2.45) is 0 Å². The van der Waals surface area contributed by atoms with Gasteiger partial charge in [-0.3, -0.25) is 0 Å². The van der Waals surface area contributed by atoms with Crippen molar-refractivity contribution in [1.82, 2.24) is 0 Å². The standard InChI is InChI=1S/C15H20O2/c1-3-5-12-11-7-4-6-10-8-9-13(16-2)15(17-12)14(10)11/h8-9,11-12H,3-7H2,1-2H3. The summed E-state index contributed by atoms with van der Waals surface area (Å²) in [5, 5.41) is 0. The lowest BCUT2D eigenvalue weighted by molar-refractivity contribution is 0.181. The van der Waals surface area contributed by atoms with Crippen molar-refractivity contribution in [1.29, 1.82) is 0 Å². The molecule has 2 atom stereocenters. The Kier molecular flexibility index (Phi) is 2.73. The van der Waals surface area contributed by atoms with E-state index in [1.165, 1.54) is 36.8 Å². The van der Waals surface area contributed by atoms with E-state index in [0.29, 0.717) is 12.0 Å². The summed E-state index contributed by atoms with van der Waals surface area (Å²) >= 11 is 0. The fourth-order valence-electron chi connectivity index (χ4n) is 3.33.